The van der Waals surface area contributed by atoms with Crippen molar-refractivity contribution in [1.29, 1.82) is 0 Å². The summed E-state index contributed by atoms with van der Waals surface area (Å²) in [6.45, 7) is 8.06. The van der Waals surface area contributed by atoms with Gasteiger partial charge in [0.2, 0.25) is 0 Å². The molecule has 1 spiro atoms. The van der Waals surface area contributed by atoms with E-state index in [1.807, 2.05) is 17.9 Å². The maximum absolute atomic E-state index is 13.7. The van der Waals surface area contributed by atoms with Crippen LogP contribution in [-0.2, 0) is 10.2 Å². The van der Waals surface area contributed by atoms with E-state index in [4.69, 9.17) is 4.74 Å². The van der Waals surface area contributed by atoms with Crippen LogP contribution in [0.5, 0.6) is 0 Å². The van der Waals surface area contributed by atoms with E-state index < -0.39 is 0 Å². The van der Waals surface area contributed by atoms with E-state index in [9.17, 15) is 9.18 Å². The third-order valence-corrected chi connectivity index (χ3v) is 6.64. The van der Waals surface area contributed by atoms with Crippen molar-refractivity contribution in [3.05, 3.63) is 29.6 Å². The van der Waals surface area contributed by atoms with Crippen LogP contribution in [0.25, 0.3) is 0 Å². The highest BCUT2D eigenvalue weighted by Crippen LogP contribution is 2.44. The lowest BCUT2D eigenvalue weighted by Crippen LogP contribution is -2.47. The average molecular weight is 375 g/mol. The monoisotopic (exact) mass is 375 g/mol. The molecule has 1 N–H and O–H groups in total. The van der Waals surface area contributed by atoms with E-state index in [1.54, 1.807) is 12.1 Å². The van der Waals surface area contributed by atoms with Gasteiger partial charge in [0.05, 0.1) is 6.61 Å². The van der Waals surface area contributed by atoms with Crippen LogP contribution in [0.3, 0.4) is 0 Å². The number of fused-ring (bicyclic) bond motifs is 2. The predicted octanol–water partition coefficient (Wildman–Crippen LogP) is 3.45. The second-order valence-corrected chi connectivity index (χ2v) is 8.25. The number of hydrogen-bond donors (Lipinski definition) is 1. The summed E-state index contributed by atoms with van der Waals surface area (Å²) in [5.41, 5.74) is 2.38. The lowest BCUT2D eigenvalue weighted by Gasteiger charge is -2.41. The number of nitrogens with zero attached hydrogens (tertiary/aromatic N) is 2. The normalized spacial score (nSPS) is 22.5. The van der Waals surface area contributed by atoms with Gasteiger partial charge in [0.25, 0.3) is 0 Å². The highest BCUT2D eigenvalue weighted by Gasteiger charge is 2.41. The molecule has 3 aliphatic rings. The molecule has 5 nitrogen and oxygen atoms in total. The summed E-state index contributed by atoms with van der Waals surface area (Å²) in [4.78, 5) is 16.2. The summed E-state index contributed by atoms with van der Waals surface area (Å²) >= 11 is 0. The van der Waals surface area contributed by atoms with Crippen molar-refractivity contribution in [2.45, 2.75) is 38.0 Å². The van der Waals surface area contributed by atoms with Gasteiger partial charge < -0.3 is 19.9 Å². The van der Waals surface area contributed by atoms with Crippen LogP contribution in [0.4, 0.5) is 14.9 Å². The van der Waals surface area contributed by atoms with E-state index in [0.717, 1.165) is 70.6 Å². The van der Waals surface area contributed by atoms with E-state index in [-0.39, 0.29) is 17.3 Å². The molecule has 3 heterocycles. The summed E-state index contributed by atoms with van der Waals surface area (Å²) < 4.78 is 18.8. The van der Waals surface area contributed by atoms with Crippen LogP contribution in [0.2, 0.25) is 0 Å². The maximum Gasteiger partial charge on any atom is 0.409 e. The van der Waals surface area contributed by atoms with E-state index in [2.05, 4.69) is 10.2 Å². The molecule has 0 aromatic heterocycles. The van der Waals surface area contributed by atoms with Crippen molar-refractivity contribution in [1.82, 2.24) is 9.80 Å². The molecule has 0 atom stereocenters. The van der Waals surface area contributed by atoms with Gasteiger partial charge in [0, 0.05) is 37.3 Å². The Hall–Kier alpha value is -1.82. The highest BCUT2D eigenvalue weighted by atomic mass is 19.1. The van der Waals surface area contributed by atoms with E-state index in [0.29, 0.717) is 12.5 Å². The molecule has 0 aliphatic carbocycles. The number of likely N-dealkylation sites (tertiary alicyclic amines) is 2. The number of rotatable bonds is 3. The largest absolute Gasteiger partial charge is 0.450 e. The standard InChI is InChI=1S/C21H30FN3O2/c1-2-27-20(26)25-9-5-16(6-10-25)14-24-11-7-21(8-12-24)15-23-19-4-3-17(22)13-18(19)21/h3-4,13,16,23H,2,5-12,14-15H2,1H3. The average Bonchev–Trinajstić information content (AvgIpc) is 3.02. The number of anilines is 1. The minimum atomic E-state index is -0.171. The SMILES string of the molecule is CCOC(=O)N1CCC(CN2CCC3(CC2)CNc2ccc(F)cc23)CC1. The number of hydrogen-bond acceptors (Lipinski definition) is 4. The first kappa shape index (κ1) is 18.5. The Morgan fingerprint density at radius 3 is 2.70 bits per heavy atom. The van der Waals surface area contributed by atoms with Crippen LogP contribution in [0, 0.1) is 11.7 Å². The molecule has 148 valence electrons. The topological polar surface area (TPSA) is 44.8 Å². The predicted molar refractivity (Wildman–Crippen MR) is 104 cm³/mol. The Morgan fingerprint density at radius 1 is 1.26 bits per heavy atom. The minimum Gasteiger partial charge on any atom is -0.450 e. The van der Waals surface area contributed by atoms with Gasteiger partial charge in [-0.05, 0) is 75.4 Å². The highest BCUT2D eigenvalue weighted by molar-refractivity contribution is 5.67. The molecule has 1 aromatic carbocycles. The van der Waals surface area contributed by atoms with Crippen molar-refractivity contribution in [3.8, 4) is 0 Å². The molecular formula is C21H30FN3O2. The van der Waals surface area contributed by atoms with Gasteiger partial charge in [-0.3, -0.25) is 0 Å². The van der Waals surface area contributed by atoms with Gasteiger partial charge >= 0.3 is 6.09 Å². The zero-order valence-corrected chi connectivity index (χ0v) is 16.2. The smallest absolute Gasteiger partial charge is 0.409 e. The second kappa shape index (κ2) is 7.66. The Bertz CT molecular complexity index is 680. The summed E-state index contributed by atoms with van der Waals surface area (Å²) in [6.07, 6.45) is 4.10. The Kier molecular flexibility index (Phi) is 5.26. The molecule has 6 heteroatoms. The van der Waals surface area contributed by atoms with Crippen molar-refractivity contribution in [3.63, 3.8) is 0 Å². The van der Waals surface area contributed by atoms with Crippen LogP contribution in [0.15, 0.2) is 18.2 Å². The number of piperidine rings is 2. The molecule has 2 saturated heterocycles. The molecule has 0 radical (unpaired) electrons. The molecule has 4 rings (SSSR count). The fourth-order valence-electron chi connectivity index (χ4n) is 4.96. The van der Waals surface area contributed by atoms with Gasteiger partial charge in [-0.1, -0.05) is 0 Å². The van der Waals surface area contributed by atoms with Crippen LogP contribution < -0.4 is 5.32 Å². The lowest BCUT2D eigenvalue weighted by molar-refractivity contribution is 0.0800. The Balaban J connectivity index is 1.28. The van der Waals surface area contributed by atoms with Crippen molar-refractivity contribution in [2.75, 3.05) is 51.2 Å². The molecule has 1 amide bonds. The zero-order valence-electron chi connectivity index (χ0n) is 16.2. The molecule has 0 bridgehead atoms. The lowest BCUT2D eigenvalue weighted by atomic mass is 9.74. The van der Waals surface area contributed by atoms with Crippen LogP contribution >= 0.6 is 0 Å². The van der Waals surface area contributed by atoms with Gasteiger partial charge in [0.15, 0.2) is 0 Å². The number of carbonyl (C=O) groups is 1. The first-order valence-corrected chi connectivity index (χ1v) is 10.3. The first-order chi connectivity index (χ1) is 13.1. The second-order valence-electron chi connectivity index (χ2n) is 8.25. The number of nitrogens with one attached hydrogen (secondary N) is 1. The molecule has 1 aromatic rings. The third kappa shape index (κ3) is 3.77. The number of amides is 1. The Morgan fingerprint density at radius 2 is 2.00 bits per heavy atom. The zero-order chi connectivity index (χ0) is 18.9. The molecule has 0 unspecified atom stereocenters. The summed E-state index contributed by atoms with van der Waals surface area (Å²) in [7, 11) is 0. The third-order valence-electron chi connectivity index (χ3n) is 6.64. The summed E-state index contributed by atoms with van der Waals surface area (Å²) in [5, 5.41) is 3.48. The number of benzene rings is 1. The summed E-state index contributed by atoms with van der Waals surface area (Å²) in [6, 6.07) is 5.15. The fraction of sp³-hybridized carbons (Fsp3) is 0.667. The molecule has 3 aliphatic heterocycles. The first-order valence-electron chi connectivity index (χ1n) is 10.3. The van der Waals surface area contributed by atoms with Crippen molar-refractivity contribution >= 4 is 11.8 Å². The van der Waals surface area contributed by atoms with Crippen LogP contribution in [-0.4, -0.2) is 61.8 Å². The van der Waals surface area contributed by atoms with Gasteiger partial charge in [-0.15, -0.1) is 0 Å². The van der Waals surface area contributed by atoms with Crippen molar-refractivity contribution in [2.24, 2.45) is 5.92 Å². The maximum atomic E-state index is 13.7. The Labute approximate surface area is 160 Å². The molecule has 0 saturated carbocycles. The van der Waals surface area contributed by atoms with Crippen molar-refractivity contribution < 1.29 is 13.9 Å². The van der Waals surface area contributed by atoms with Gasteiger partial charge in [0.1, 0.15) is 5.82 Å². The number of carbonyl (C=O) groups excluding carboxylic acids is 1. The quantitative estimate of drug-likeness (QED) is 0.879. The van der Waals surface area contributed by atoms with E-state index in [1.165, 1.54) is 5.56 Å². The van der Waals surface area contributed by atoms with Crippen LogP contribution in [0.1, 0.15) is 38.2 Å². The molecular weight excluding hydrogens is 345 g/mol. The summed E-state index contributed by atoms with van der Waals surface area (Å²) in [5.74, 6) is 0.517. The number of halogens is 1. The van der Waals surface area contributed by atoms with Gasteiger partial charge in [-0.25, -0.2) is 9.18 Å². The molecule has 2 fully saturated rings. The fourth-order valence-corrected chi connectivity index (χ4v) is 4.96. The van der Waals surface area contributed by atoms with E-state index >= 15 is 0 Å². The molecule has 27 heavy (non-hydrogen) atoms. The number of ether oxygens (including phenoxy) is 1. The minimum absolute atomic E-state index is 0.0984. The van der Waals surface area contributed by atoms with Gasteiger partial charge in [-0.2, -0.15) is 0 Å².